The van der Waals surface area contributed by atoms with Crippen LogP contribution in [0.1, 0.15) is 43.2 Å². The van der Waals surface area contributed by atoms with Crippen molar-refractivity contribution in [2.45, 2.75) is 44.9 Å². The average molecular weight is 517 g/mol. The predicted molar refractivity (Wildman–Crippen MR) is 133 cm³/mol. The lowest BCUT2D eigenvalue weighted by atomic mass is 10.0. The number of carbonyl (C=O) groups excluding carboxylic acids is 2. The Hall–Kier alpha value is -4.08. The lowest BCUT2D eigenvalue weighted by Gasteiger charge is -2.12. The van der Waals surface area contributed by atoms with Crippen molar-refractivity contribution >= 4 is 23.5 Å². The second kappa shape index (κ2) is 15.1. The van der Waals surface area contributed by atoms with Gasteiger partial charge in [0.2, 0.25) is 0 Å². The number of Topliss-reactive ketones (excluding diaryl/α,β-unsaturated/α-hetero) is 2. The highest BCUT2D eigenvalue weighted by Crippen LogP contribution is 2.30. The number of aliphatic carboxylic acids is 2. The second-order valence-corrected chi connectivity index (χ2v) is 8.21. The van der Waals surface area contributed by atoms with Gasteiger partial charge in [0.1, 0.15) is 11.6 Å². The molecule has 0 aliphatic rings. The van der Waals surface area contributed by atoms with E-state index in [2.05, 4.69) is 0 Å². The van der Waals surface area contributed by atoms with E-state index in [1.54, 1.807) is 36.4 Å². The standard InChI is InChI=1S/C27H32O10/c1-34-24-15-18(5-9-22(24)36-13-11-26(30)31)3-7-20(28)17-21(29)8-4-19-6-10-23(25(16-19)35-2)37-14-12-27(32)33/h5-6,9-10,15-16H,3-4,7-8,11-14,17H2,1-2H3,(H,30,31)(H,32,33). The fourth-order valence-corrected chi connectivity index (χ4v) is 3.43. The Morgan fingerprint density at radius 2 is 1.03 bits per heavy atom. The van der Waals surface area contributed by atoms with Gasteiger partial charge in [0.15, 0.2) is 23.0 Å². The Morgan fingerprint density at radius 1 is 0.622 bits per heavy atom. The molecular weight excluding hydrogens is 484 g/mol. The van der Waals surface area contributed by atoms with Crippen LogP contribution in [-0.2, 0) is 32.0 Å². The number of hydrogen-bond acceptors (Lipinski definition) is 8. The molecule has 10 nitrogen and oxygen atoms in total. The van der Waals surface area contributed by atoms with E-state index in [-0.39, 0.29) is 56.9 Å². The van der Waals surface area contributed by atoms with E-state index in [9.17, 15) is 19.2 Å². The average Bonchev–Trinajstić information content (AvgIpc) is 2.86. The smallest absolute Gasteiger partial charge is 0.306 e. The summed E-state index contributed by atoms with van der Waals surface area (Å²) < 4.78 is 21.4. The van der Waals surface area contributed by atoms with Gasteiger partial charge < -0.3 is 29.2 Å². The third kappa shape index (κ3) is 10.6. The molecule has 37 heavy (non-hydrogen) atoms. The molecule has 0 heterocycles. The fourth-order valence-electron chi connectivity index (χ4n) is 3.43. The van der Waals surface area contributed by atoms with Crippen molar-refractivity contribution in [3.8, 4) is 23.0 Å². The molecule has 0 bridgehead atoms. The maximum atomic E-state index is 12.3. The Labute approximate surface area is 215 Å². The summed E-state index contributed by atoms with van der Waals surface area (Å²) in [7, 11) is 2.95. The second-order valence-electron chi connectivity index (χ2n) is 8.21. The van der Waals surface area contributed by atoms with Crippen molar-refractivity contribution in [1.82, 2.24) is 0 Å². The highest BCUT2D eigenvalue weighted by Gasteiger charge is 2.13. The van der Waals surface area contributed by atoms with Crippen molar-refractivity contribution in [2.75, 3.05) is 27.4 Å². The Kier molecular flexibility index (Phi) is 11.9. The molecule has 0 saturated carbocycles. The maximum Gasteiger partial charge on any atom is 0.306 e. The van der Waals surface area contributed by atoms with E-state index in [0.717, 1.165) is 11.1 Å². The number of rotatable bonds is 18. The molecule has 0 aliphatic heterocycles. The van der Waals surface area contributed by atoms with Gasteiger partial charge in [-0.15, -0.1) is 0 Å². The summed E-state index contributed by atoms with van der Waals surface area (Å²) in [6.07, 6.45) is 0.844. The van der Waals surface area contributed by atoms with Crippen molar-refractivity contribution in [2.24, 2.45) is 0 Å². The molecular formula is C27H32O10. The molecule has 2 rings (SSSR count). The largest absolute Gasteiger partial charge is 0.493 e. The van der Waals surface area contributed by atoms with Gasteiger partial charge in [-0.3, -0.25) is 19.2 Å². The van der Waals surface area contributed by atoms with E-state index in [4.69, 9.17) is 29.2 Å². The zero-order chi connectivity index (χ0) is 27.2. The molecule has 10 heteroatoms. The molecule has 200 valence electrons. The first-order valence-electron chi connectivity index (χ1n) is 11.8. The molecule has 2 N–H and O–H groups in total. The van der Waals surface area contributed by atoms with E-state index in [0.29, 0.717) is 35.8 Å². The van der Waals surface area contributed by atoms with Crippen molar-refractivity contribution in [3.05, 3.63) is 47.5 Å². The topological polar surface area (TPSA) is 146 Å². The number of methoxy groups -OCH3 is 2. The molecule has 0 fully saturated rings. The predicted octanol–water partition coefficient (Wildman–Crippen LogP) is 3.50. The van der Waals surface area contributed by atoms with Crippen LogP contribution in [0.25, 0.3) is 0 Å². The van der Waals surface area contributed by atoms with Crippen molar-refractivity contribution in [1.29, 1.82) is 0 Å². The molecule has 0 radical (unpaired) electrons. The van der Waals surface area contributed by atoms with Crippen LogP contribution in [0.5, 0.6) is 23.0 Å². The highest BCUT2D eigenvalue weighted by atomic mass is 16.5. The summed E-state index contributed by atoms with van der Waals surface area (Å²) in [6.45, 7) is 0.0340. The van der Waals surface area contributed by atoms with Crippen LogP contribution in [-0.4, -0.2) is 61.2 Å². The van der Waals surface area contributed by atoms with Gasteiger partial charge in [-0.25, -0.2) is 0 Å². The molecule has 0 saturated heterocycles. The summed E-state index contributed by atoms with van der Waals surface area (Å²) in [5.41, 5.74) is 1.67. The first-order chi connectivity index (χ1) is 17.7. The number of carboxylic acids is 2. The number of carbonyl (C=O) groups is 4. The van der Waals surface area contributed by atoms with E-state index in [1.807, 2.05) is 0 Å². The van der Waals surface area contributed by atoms with Crippen LogP contribution in [0.2, 0.25) is 0 Å². The van der Waals surface area contributed by atoms with E-state index in [1.165, 1.54) is 14.2 Å². The molecule has 2 aromatic carbocycles. The quantitative estimate of drug-likeness (QED) is 0.282. The summed E-state index contributed by atoms with van der Waals surface area (Å²) >= 11 is 0. The lowest BCUT2D eigenvalue weighted by Crippen LogP contribution is -2.10. The van der Waals surface area contributed by atoms with Gasteiger partial charge in [0.05, 0.1) is 46.7 Å². The van der Waals surface area contributed by atoms with Crippen molar-refractivity contribution in [3.63, 3.8) is 0 Å². The molecule has 0 aromatic heterocycles. The Bertz CT molecular complexity index is 1010. The monoisotopic (exact) mass is 516 g/mol. The summed E-state index contributed by atoms with van der Waals surface area (Å²) in [4.78, 5) is 46.0. The maximum absolute atomic E-state index is 12.3. The summed E-state index contributed by atoms with van der Waals surface area (Å²) in [5.74, 6) is -0.506. The summed E-state index contributed by atoms with van der Waals surface area (Å²) in [6, 6.07) is 10.3. The highest BCUT2D eigenvalue weighted by molar-refractivity contribution is 5.99. The fraction of sp³-hybridized carbons (Fsp3) is 0.407. The van der Waals surface area contributed by atoms with E-state index >= 15 is 0 Å². The summed E-state index contributed by atoms with van der Waals surface area (Å²) in [5, 5.41) is 17.4. The SMILES string of the molecule is COc1cc(CCC(=O)CC(=O)CCc2ccc(OCCC(=O)O)c(OC)c2)ccc1OCCC(=O)O. The van der Waals surface area contributed by atoms with Crippen LogP contribution in [0.3, 0.4) is 0 Å². The van der Waals surface area contributed by atoms with Crippen LogP contribution >= 0.6 is 0 Å². The Morgan fingerprint density at radius 3 is 1.38 bits per heavy atom. The Balaban J connectivity index is 1.80. The minimum atomic E-state index is -0.958. The van der Waals surface area contributed by atoms with Gasteiger partial charge in [-0.05, 0) is 48.2 Å². The number of benzene rings is 2. The third-order valence-electron chi connectivity index (χ3n) is 5.38. The number of aryl methyl sites for hydroxylation is 2. The normalized spacial score (nSPS) is 10.4. The molecule has 0 unspecified atom stereocenters. The van der Waals surface area contributed by atoms with Gasteiger partial charge in [-0.2, -0.15) is 0 Å². The minimum Gasteiger partial charge on any atom is -0.493 e. The number of ketones is 2. The molecule has 0 amide bonds. The zero-order valence-corrected chi connectivity index (χ0v) is 21.0. The van der Waals surface area contributed by atoms with Crippen LogP contribution in [0.15, 0.2) is 36.4 Å². The van der Waals surface area contributed by atoms with Crippen LogP contribution in [0, 0.1) is 0 Å². The van der Waals surface area contributed by atoms with Crippen molar-refractivity contribution < 1.29 is 48.3 Å². The first kappa shape index (κ1) is 29.2. The van der Waals surface area contributed by atoms with Crippen LogP contribution < -0.4 is 18.9 Å². The molecule has 0 spiro atoms. The minimum absolute atomic E-state index is 0.0170. The number of hydrogen-bond donors (Lipinski definition) is 2. The first-order valence-corrected chi connectivity index (χ1v) is 11.8. The number of ether oxygens (including phenoxy) is 4. The number of carboxylic acid groups (broad SMARTS) is 2. The molecule has 2 aromatic rings. The zero-order valence-electron chi connectivity index (χ0n) is 21.0. The van der Waals surface area contributed by atoms with Gasteiger partial charge in [0, 0.05) is 12.8 Å². The van der Waals surface area contributed by atoms with Gasteiger partial charge in [-0.1, -0.05) is 12.1 Å². The van der Waals surface area contributed by atoms with Crippen LogP contribution in [0.4, 0.5) is 0 Å². The van der Waals surface area contributed by atoms with Gasteiger partial charge >= 0.3 is 11.9 Å². The van der Waals surface area contributed by atoms with E-state index < -0.39 is 11.9 Å². The molecule has 0 atom stereocenters. The molecule has 0 aliphatic carbocycles. The third-order valence-corrected chi connectivity index (χ3v) is 5.38. The van der Waals surface area contributed by atoms with Gasteiger partial charge in [0.25, 0.3) is 0 Å². The lowest BCUT2D eigenvalue weighted by molar-refractivity contribution is -0.138.